The van der Waals surface area contributed by atoms with Gasteiger partial charge in [-0.2, -0.15) is 5.10 Å². The predicted octanol–water partition coefficient (Wildman–Crippen LogP) is 3.90. The third-order valence-corrected chi connectivity index (χ3v) is 5.21. The van der Waals surface area contributed by atoms with E-state index in [0.29, 0.717) is 6.04 Å². The van der Waals surface area contributed by atoms with E-state index in [4.69, 9.17) is 5.10 Å². The zero-order chi connectivity index (χ0) is 20.2. The van der Waals surface area contributed by atoms with Crippen LogP contribution in [-0.2, 0) is 6.54 Å². The van der Waals surface area contributed by atoms with Gasteiger partial charge in [-0.15, -0.1) is 0 Å². The largest absolute Gasteiger partial charge is 0.346 e. The number of benzene rings is 1. The minimum Gasteiger partial charge on any atom is -0.346 e. The molecule has 1 aliphatic rings. The molecule has 0 aliphatic heterocycles. The number of nitrogens with zero attached hydrogens (tertiary/aromatic N) is 4. The average molecular weight is 391 g/mol. The Balaban J connectivity index is 1.57. The summed E-state index contributed by atoms with van der Waals surface area (Å²) >= 11 is 0. The van der Waals surface area contributed by atoms with Gasteiger partial charge in [0.1, 0.15) is 5.56 Å². The number of para-hydroxylation sites is 1. The molecule has 3 aromatic rings. The van der Waals surface area contributed by atoms with Crippen LogP contribution in [0.4, 0.5) is 5.69 Å². The maximum atomic E-state index is 12.5. The van der Waals surface area contributed by atoms with Gasteiger partial charge in [0.15, 0.2) is 0 Å². The van der Waals surface area contributed by atoms with Crippen molar-refractivity contribution in [3.05, 3.63) is 76.2 Å². The topological polar surface area (TPSA) is 103 Å². The van der Waals surface area contributed by atoms with Crippen LogP contribution in [0.15, 0.2) is 54.9 Å². The fraction of sp³-hybridized carbons (Fsp3) is 0.286. The molecule has 1 N–H and O–H groups in total. The Morgan fingerprint density at radius 3 is 2.62 bits per heavy atom. The number of hydrogen-bond acceptors (Lipinski definition) is 5. The molecule has 0 saturated heterocycles. The van der Waals surface area contributed by atoms with Crippen LogP contribution in [0.1, 0.15) is 47.8 Å². The number of aromatic nitrogens is 3. The van der Waals surface area contributed by atoms with E-state index < -0.39 is 10.8 Å². The summed E-state index contributed by atoms with van der Waals surface area (Å²) in [7, 11) is 0. The number of nitrogens with one attached hydrogen (secondary N) is 1. The van der Waals surface area contributed by atoms with Gasteiger partial charge >= 0.3 is 0 Å². The zero-order valence-corrected chi connectivity index (χ0v) is 15.8. The number of carbonyl (C=O) groups is 1. The molecule has 1 aliphatic carbocycles. The lowest BCUT2D eigenvalue weighted by atomic mass is 10.1. The van der Waals surface area contributed by atoms with Crippen LogP contribution in [0.3, 0.4) is 0 Å². The molecule has 8 nitrogen and oxygen atoms in total. The van der Waals surface area contributed by atoms with Crippen LogP contribution in [0.25, 0.3) is 11.3 Å². The van der Waals surface area contributed by atoms with Gasteiger partial charge < -0.3 is 5.32 Å². The van der Waals surface area contributed by atoms with Crippen molar-refractivity contribution in [2.24, 2.45) is 0 Å². The van der Waals surface area contributed by atoms with Crippen LogP contribution in [-0.4, -0.2) is 25.6 Å². The molecule has 2 aromatic heterocycles. The van der Waals surface area contributed by atoms with Gasteiger partial charge in [-0.3, -0.25) is 24.6 Å². The summed E-state index contributed by atoms with van der Waals surface area (Å²) < 4.78 is 2.05. The third-order valence-electron chi connectivity index (χ3n) is 5.21. The van der Waals surface area contributed by atoms with Crippen LogP contribution >= 0.6 is 0 Å². The first-order chi connectivity index (χ1) is 14.1. The first-order valence-corrected chi connectivity index (χ1v) is 9.64. The summed E-state index contributed by atoms with van der Waals surface area (Å²) in [5.74, 6) is -0.488. The Morgan fingerprint density at radius 2 is 1.90 bits per heavy atom. The molecule has 1 amide bonds. The molecule has 148 valence electrons. The number of rotatable bonds is 6. The summed E-state index contributed by atoms with van der Waals surface area (Å²) in [6.45, 7) is 0.197. The molecule has 8 heteroatoms. The monoisotopic (exact) mass is 391 g/mol. The van der Waals surface area contributed by atoms with Crippen LogP contribution in [0.5, 0.6) is 0 Å². The minimum absolute atomic E-state index is 0.0436. The number of amides is 1. The predicted molar refractivity (Wildman–Crippen MR) is 107 cm³/mol. The summed E-state index contributed by atoms with van der Waals surface area (Å²) in [6, 6.07) is 12.1. The normalized spacial score (nSPS) is 14.1. The van der Waals surface area contributed by atoms with E-state index in [1.54, 1.807) is 24.5 Å². The van der Waals surface area contributed by atoms with Gasteiger partial charge in [-0.1, -0.05) is 25.0 Å². The van der Waals surface area contributed by atoms with Crippen molar-refractivity contribution in [2.75, 3.05) is 0 Å². The second kappa shape index (κ2) is 8.22. The van der Waals surface area contributed by atoms with Crippen LogP contribution in [0, 0.1) is 10.1 Å². The highest BCUT2D eigenvalue weighted by Gasteiger charge is 2.23. The molecular formula is C21H21N5O3. The van der Waals surface area contributed by atoms with Gasteiger partial charge in [0.2, 0.25) is 0 Å². The highest BCUT2D eigenvalue weighted by molar-refractivity contribution is 5.98. The molecule has 2 heterocycles. The van der Waals surface area contributed by atoms with Crippen molar-refractivity contribution < 1.29 is 9.72 Å². The summed E-state index contributed by atoms with van der Waals surface area (Å²) in [5, 5.41) is 18.7. The van der Waals surface area contributed by atoms with Crippen molar-refractivity contribution in [2.45, 2.75) is 38.3 Å². The molecular weight excluding hydrogens is 370 g/mol. The first kappa shape index (κ1) is 18.8. The quantitative estimate of drug-likeness (QED) is 0.507. The SMILES string of the molecule is O=C(NCc1cc(-c2ccncc2)n(C2CCCC2)n1)c1ccccc1[N+](=O)[O-]. The van der Waals surface area contributed by atoms with Crippen molar-refractivity contribution in [3.63, 3.8) is 0 Å². The molecule has 4 rings (SSSR count). The highest BCUT2D eigenvalue weighted by atomic mass is 16.6. The second-order valence-electron chi connectivity index (χ2n) is 7.10. The maximum Gasteiger partial charge on any atom is 0.282 e. The second-order valence-corrected chi connectivity index (χ2v) is 7.10. The van der Waals surface area contributed by atoms with Gasteiger partial charge in [0, 0.05) is 24.0 Å². The Morgan fingerprint density at radius 1 is 1.17 bits per heavy atom. The Kier molecular flexibility index (Phi) is 5.33. The smallest absolute Gasteiger partial charge is 0.282 e. The van der Waals surface area contributed by atoms with Crippen LogP contribution < -0.4 is 5.32 Å². The summed E-state index contributed by atoms with van der Waals surface area (Å²) in [4.78, 5) is 27.2. The minimum atomic E-state index is -0.550. The molecule has 29 heavy (non-hydrogen) atoms. The first-order valence-electron chi connectivity index (χ1n) is 9.64. The van der Waals surface area contributed by atoms with E-state index in [2.05, 4.69) is 15.0 Å². The Hall–Kier alpha value is -3.55. The standard InChI is InChI=1S/C21H21N5O3/c27-21(18-7-3-4-8-19(18)26(28)29)23-14-16-13-20(15-9-11-22-12-10-15)25(24-16)17-5-1-2-6-17/h3-4,7-13,17H,1-2,5-6,14H2,(H,23,27). The van der Waals surface area contributed by atoms with Crippen LogP contribution in [0.2, 0.25) is 0 Å². The third kappa shape index (κ3) is 4.01. The number of carbonyl (C=O) groups excluding carboxylic acids is 1. The fourth-order valence-electron chi connectivity index (χ4n) is 3.79. The number of nitro benzene ring substituents is 1. The lowest BCUT2D eigenvalue weighted by molar-refractivity contribution is -0.385. The lowest BCUT2D eigenvalue weighted by Crippen LogP contribution is -2.24. The molecule has 1 saturated carbocycles. The molecule has 1 fully saturated rings. The fourth-order valence-corrected chi connectivity index (χ4v) is 3.79. The van der Waals surface area contributed by atoms with Crippen molar-refractivity contribution in [3.8, 4) is 11.3 Å². The number of nitro groups is 1. The van der Waals surface area contributed by atoms with Gasteiger partial charge in [0.25, 0.3) is 11.6 Å². The number of pyridine rings is 1. The van der Waals surface area contributed by atoms with E-state index in [9.17, 15) is 14.9 Å². The molecule has 0 unspecified atom stereocenters. The van der Waals surface area contributed by atoms with E-state index >= 15 is 0 Å². The maximum absolute atomic E-state index is 12.5. The molecule has 0 atom stereocenters. The van der Waals surface area contributed by atoms with Gasteiger partial charge in [-0.05, 0) is 37.1 Å². The Bertz CT molecular complexity index is 1030. The molecule has 1 aromatic carbocycles. The number of hydrogen-bond donors (Lipinski definition) is 1. The zero-order valence-electron chi connectivity index (χ0n) is 15.8. The molecule has 0 bridgehead atoms. The van der Waals surface area contributed by atoms with E-state index in [0.717, 1.165) is 29.8 Å². The van der Waals surface area contributed by atoms with Crippen molar-refractivity contribution in [1.82, 2.24) is 20.1 Å². The summed E-state index contributed by atoms with van der Waals surface area (Å²) in [5.41, 5.74) is 2.57. The van der Waals surface area contributed by atoms with Gasteiger partial charge in [-0.25, -0.2) is 0 Å². The average Bonchev–Trinajstić information content (AvgIpc) is 3.42. The highest BCUT2D eigenvalue weighted by Crippen LogP contribution is 2.33. The summed E-state index contributed by atoms with van der Waals surface area (Å²) in [6.07, 6.45) is 8.03. The molecule has 0 spiro atoms. The van der Waals surface area contributed by atoms with Crippen molar-refractivity contribution >= 4 is 11.6 Å². The van der Waals surface area contributed by atoms with Crippen molar-refractivity contribution in [1.29, 1.82) is 0 Å². The van der Waals surface area contributed by atoms with E-state index in [1.165, 1.54) is 25.0 Å². The van der Waals surface area contributed by atoms with E-state index in [-0.39, 0.29) is 17.8 Å². The lowest BCUT2D eigenvalue weighted by Gasteiger charge is -2.14. The van der Waals surface area contributed by atoms with E-state index in [1.807, 2.05) is 18.2 Å². The molecule has 0 radical (unpaired) electrons. The van der Waals surface area contributed by atoms with Gasteiger partial charge in [0.05, 0.1) is 28.9 Å². The Labute approximate surface area is 167 Å².